The zero-order valence-electron chi connectivity index (χ0n) is 9.28. The van der Waals surface area contributed by atoms with Crippen molar-refractivity contribution in [2.24, 2.45) is 5.73 Å². The van der Waals surface area contributed by atoms with Gasteiger partial charge in [0.2, 0.25) is 5.91 Å². The van der Waals surface area contributed by atoms with Gasteiger partial charge < -0.3 is 5.73 Å². The Morgan fingerprint density at radius 1 is 1.44 bits per heavy atom. The Hall–Kier alpha value is -0.670. The second-order valence-electron chi connectivity index (χ2n) is 3.54. The van der Waals surface area contributed by atoms with E-state index in [-0.39, 0.29) is 0 Å². The lowest BCUT2D eigenvalue weighted by Gasteiger charge is -2.06. The van der Waals surface area contributed by atoms with Crippen LogP contribution in [0.15, 0.2) is 29.2 Å². The molecule has 0 aliphatic carbocycles. The van der Waals surface area contributed by atoms with Crippen LogP contribution in [0, 0.1) is 0 Å². The maximum Gasteiger partial charge on any atom is 0.240 e. The molecule has 0 radical (unpaired) electrons. The number of benzene rings is 1. The molecule has 16 heavy (non-hydrogen) atoms. The van der Waals surface area contributed by atoms with Gasteiger partial charge in [-0.2, -0.15) is 0 Å². The first-order valence-corrected chi connectivity index (χ1v) is 6.73. The molecule has 1 rings (SSSR count). The summed E-state index contributed by atoms with van der Waals surface area (Å²) in [5, 5.41) is -0.727. The summed E-state index contributed by atoms with van der Waals surface area (Å²) in [6, 6.07) is 7.68. The standard InChI is InChI=1S/C12H16ClNOS/c1-2-3-8-16-10-6-4-9(5-7-10)11(13)12(14)15/h4-7,11H,2-3,8H2,1H3,(H2,14,15). The van der Waals surface area contributed by atoms with Gasteiger partial charge in [0, 0.05) is 4.90 Å². The predicted octanol–water partition coefficient (Wildman–Crippen LogP) is 3.34. The van der Waals surface area contributed by atoms with E-state index in [0.717, 1.165) is 11.3 Å². The molecule has 0 aliphatic heterocycles. The number of rotatable bonds is 6. The highest BCUT2D eigenvalue weighted by Crippen LogP contribution is 2.24. The highest BCUT2D eigenvalue weighted by Gasteiger charge is 2.13. The molecule has 88 valence electrons. The quantitative estimate of drug-likeness (QED) is 0.483. The molecule has 2 N–H and O–H groups in total. The van der Waals surface area contributed by atoms with Crippen LogP contribution < -0.4 is 5.73 Å². The Morgan fingerprint density at radius 2 is 2.06 bits per heavy atom. The van der Waals surface area contributed by atoms with E-state index in [1.807, 2.05) is 36.0 Å². The lowest BCUT2D eigenvalue weighted by atomic mass is 10.1. The largest absolute Gasteiger partial charge is 0.368 e. The maximum atomic E-state index is 10.9. The summed E-state index contributed by atoms with van der Waals surface area (Å²) in [7, 11) is 0. The van der Waals surface area contributed by atoms with Gasteiger partial charge in [-0.1, -0.05) is 25.5 Å². The topological polar surface area (TPSA) is 43.1 Å². The Kier molecular flexibility index (Phi) is 5.71. The minimum absolute atomic E-state index is 0.506. The number of hydrogen-bond acceptors (Lipinski definition) is 2. The maximum absolute atomic E-state index is 10.9. The zero-order valence-corrected chi connectivity index (χ0v) is 10.9. The van der Waals surface area contributed by atoms with Gasteiger partial charge in [-0.05, 0) is 29.9 Å². The summed E-state index contributed by atoms with van der Waals surface area (Å²) in [5.74, 6) is 0.615. The summed E-state index contributed by atoms with van der Waals surface area (Å²) in [6.45, 7) is 2.18. The van der Waals surface area contributed by atoms with E-state index in [4.69, 9.17) is 17.3 Å². The first-order valence-electron chi connectivity index (χ1n) is 5.31. The number of carbonyl (C=O) groups is 1. The monoisotopic (exact) mass is 257 g/mol. The van der Waals surface area contributed by atoms with Crippen LogP contribution in [0.5, 0.6) is 0 Å². The van der Waals surface area contributed by atoms with Crippen molar-refractivity contribution in [1.29, 1.82) is 0 Å². The lowest BCUT2D eigenvalue weighted by Crippen LogP contribution is -2.16. The second-order valence-corrected chi connectivity index (χ2v) is 5.14. The van der Waals surface area contributed by atoms with Crippen LogP contribution in [0.4, 0.5) is 0 Å². The molecule has 0 spiro atoms. The Morgan fingerprint density at radius 3 is 2.56 bits per heavy atom. The van der Waals surface area contributed by atoms with E-state index in [0.29, 0.717) is 0 Å². The molecular formula is C12H16ClNOS. The highest BCUT2D eigenvalue weighted by molar-refractivity contribution is 7.99. The summed E-state index contributed by atoms with van der Waals surface area (Å²) in [4.78, 5) is 12.1. The summed E-state index contributed by atoms with van der Waals surface area (Å²) in [6.07, 6.45) is 2.42. The van der Waals surface area contributed by atoms with Crippen LogP contribution in [0.1, 0.15) is 30.7 Å². The fourth-order valence-electron chi connectivity index (χ4n) is 1.23. The van der Waals surface area contributed by atoms with Crippen LogP contribution in [-0.4, -0.2) is 11.7 Å². The lowest BCUT2D eigenvalue weighted by molar-refractivity contribution is -0.117. The highest BCUT2D eigenvalue weighted by atomic mass is 35.5. The smallest absolute Gasteiger partial charge is 0.240 e. The van der Waals surface area contributed by atoms with Crippen LogP contribution in [-0.2, 0) is 4.79 Å². The first-order chi connectivity index (χ1) is 7.65. The van der Waals surface area contributed by atoms with Crippen molar-refractivity contribution in [3.63, 3.8) is 0 Å². The van der Waals surface area contributed by atoms with Crippen molar-refractivity contribution < 1.29 is 4.79 Å². The molecule has 1 unspecified atom stereocenters. The number of amides is 1. The van der Waals surface area contributed by atoms with Gasteiger partial charge in [-0.3, -0.25) is 4.79 Å². The van der Waals surface area contributed by atoms with Gasteiger partial charge in [0.15, 0.2) is 0 Å². The molecule has 1 aromatic carbocycles. The first kappa shape index (κ1) is 13.4. The van der Waals surface area contributed by atoms with E-state index in [1.165, 1.54) is 17.7 Å². The summed E-state index contributed by atoms with van der Waals surface area (Å²) >= 11 is 7.65. The molecule has 0 fully saturated rings. The number of halogens is 1. The second kappa shape index (κ2) is 6.81. The molecule has 4 heteroatoms. The SMILES string of the molecule is CCCCSc1ccc(C(Cl)C(N)=O)cc1. The van der Waals surface area contributed by atoms with Crippen LogP contribution in [0.25, 0.3) is 0 Å². The minimum atomic E-state index is -0.727. The van der Waals surface area contributed by atoms with Crippen molar-refractivity contribution in [3.05, 3.63) is 29.8 Å². The van der Waals surface area contributed by atoms with Gasteiger partial charge in [-0.25, -0.2) is 0 Å². The third kappa shape index (κ3) is 4.06. The summed E-state index contributed by atoms with van der Waals surface area (Å²) in [5.41, 5.74) is 5.89. The summed E-state index contributed by atoms with van der Waals surface area (Å²) < 4.78 is 0. The Bertz CT molecular complexity index is 339. The van der Waals surface area contributed by atoms with Crippen molar-refractivity contribution in [2.45, 2.75) is 30.0 Å². The number of hydrogen-bond donors (Lipinski definition) is 1. The van der Waals surface area contributed by atoms with E-state index < -0.39 is 11.3 Å². The van der Waals surface area contributed by atoms with Gasteiger partial charge in [-0.15, -0.1) is 23.4 Å². The van der Waals surface area contributed by atoms with Gasteiger partial charge in [0.1, 0.15) is 5.38 Å². The minimum Gasteiger partial charge on any atom is -0.368 e. The molecule has 0 heterocycles. The average Bonchev–Trinajstić information content (AvgIpc) is 2.29. The van der Waals surface area contributed by atoms with Gasteiger partial charge in [0.05, 0.1) is 0 Å². The van der Waals surface area contributed by atoms with Crippen LogP contribution in [0.2, 0.25) is 0 Å². The number of unbranched alkanes of at least 4 members (excludes halogenated alkanes) is 1. The number of alkyl halides is 1. The molecular weight excluding hydrogens is 242 g/mol. The molecule has 2 nitrogen and oxygen atoms in total. The van der Waals surface area contributed by atoms with Crippen molar-refractivity contribution in [1.82, 2.24) is 0 Å². The van der Waals surface area contributed by atoms with Crippen LogP contribution >= 0.6 is 23.4 Å². The number of carbonyl (C=O) groups excluding carboxylic acids is 1. The molecule has 0 bridgehead atoms. The average molecular weight is 258 g/mol. The fraction of sp³-hybridized carbons (Fsp3) is 0.417. The van der Waals surface area contributed by atoms with E-state index >= 15 is 0 Å². The van der Waals surface area contributed by atoms with Gasteiger partial charge >= 0.3 is 0 Å². The van der Waals surface area contributed by atoms with Gasteiger partial charge in [0.25, 0.3) is 0 Å². The normalized spacial score (nSPS) is 12.4. The van der Waals surface area contributed by atoms with Crippen molar-refractivity contribution in [3.8, 4) is 0 Å². The predicted molar refractivity (Wildman–Crippen MR) is 69.9 cm³/mol. The molecule has 0 aliphatic rings. The third-order valence-electron chi connectivity index (χ3n) is 2.19. The molecule has 0 aromatic heterocycles. The Balaban J connectivity index is 2.57. The van der Waals surface area contributed by atoms with E-state index in [2.05, 4.69) is 6.92 Å². The third-order valence-corrected chi connectivity index (χ3v) is 3.75. The molecule has 0 saturated carbocycles. The van der Waals surface area contributed by atoms with Crippen molar-refractivity contribution in [2.75, 3.05) is 5.75 Å². The number of nitrogens with two attached hydrogens (primary N) is 1. The number of primary amides is 1. The molecule has 1 amide bonds. The van der Waals surface area contributed by atoms with Crippen molar-refractivity contribution >= 4 is 29.3 Å². The molecule has 1 aromatic rings. The van der Waals surface area contributed by atoms with Crippen LogP contribution in [0.3, 0.4) is 0 Å². The van der Waals surface area contributed by atoms with E-state index in [1.54, 1.807) is 0 Å². The molecule has 1 atom stereocenters. The molecule has 0 saturated heterocycles. The van der Waals surface area contributed by atoms with E-state index in [9.17, 15) is 4.79 Å². The zero-order chi connectivity index (χ0) is 12.0. The Labute approximate surface area is 106 Å². The fourth-order valence-corrected chi connectivity index (χ4v) is 2.37. The number of thioether (sulfide) groups is 1.